The lowest BCUT2D eigenvalue weighted by atomic mass is 10.0. The van der Waals surface area contributed by atoms with E-state index in [-0.39, 0.29) is 5.56 Å². The van der Waals surface area contributed by atoms with Crippen LogP contribution in [0.5, 0.6) is 0 Å². The van der Waals surface area contributed by atoms with E-state index in [0.29, 0.717) is 13.0 Å². The van der Waals surface area contributed by atoms with Gasteiger partial charge in [-0.05, 0) is 36.2 Å². The quantitative estimate of drug-likeness (QED) is 0.336. The predicted molar refractivity (Wildman–Crippen MR) is 136 cm³/mol. The molecule has 4 rings (SSSR count). The molecular weight excluding hydrogens is 414 g/mol. The van der Waals surface area contributed by atoms with Gasteiger partial charge in [-0.25, -0.2) is 4.98 Å². The topological polar surface area (TPSA) is 38.1 Å². The van der Waals surface area contributed by atoms with Crippen LogP contribution in [0.2, 0.25) is 0 Å². The molecular formula is C27H31N3OS. The van der Waals surface area contributed by atoms with Gasteiger partial charge in [-0.1, -0.05) is 75.4 Å². The predicted octanol–water partition coefficient (Wildman–Crippen LogP) is 5.62. The van der Waals surface area contributed by atoms with Gasteiger partial charge in [0, 0.05) is 30.5 Å². The Bertz CT molecular complexity index is 1220. The van der Waals surface area contributed by atoms with E-state index in [1.807, 2.05) is 22.8 Å². The zero-order valence-electron chi connectivity index (χ0n) is 19.2. The largest absolute Gasteiger partial charge is 0.302 e. The Morgan fingerprint density at radius 3 is 2.31 bits per heavy atom. The first kappa shape index (κ1) is 22.4. The van der Waals surface area contributed by atoms with E-state index in [4.69, 9.17) is 4.98 Å². The smallest absolute Gasteiger partial charge is 0.262 e. The lowest BCUT2D eigenvalue weighted by Gasteiger charge is -2.20. The number of fused-ring (bicyclic) bond motifs is 1. The van der Waals surface area contributed by atoms with Gasteiger partial charge in [0.05, 0.1) is 5.39 Å². The molecule has 0 aliphatic carbocycles. The molecule has 0 radical (unpaired) electrons. The summed E-state index contributed by atoms with van der Waals surface area (Å²) in [6.45, 7) is 9.92. The second-order valence-corrected chi connectivity index (χ2v) is 8.91. The molecule has 0 aliphatic rings. The Labute approximate surface area is 194 Å². The monoisotopic (exact) mass is 445 g/mol. The van der Waals surface area contributed by atoms with Crippen LogP contribution < -0.4 is 5.56 Å². The molecule has 0 aliphatic heterocycles. The molecule has 4 aromatic rings. The number of nitrogens with zero attached hydrogens (tertiary/aromatic N) is 3. The van der Waals surface area contributed by atoms with Crippen molar-refractivity contribution in [3.8, 4) is 11.1 Å². The minimum atomic E-state index is 0.0731. The van der Waals surface area contributed by atoms with Crippen molar-refractivity contribution in [1.82, 2.24) is 14.5 Å². The maximum absolute atomic E-state index is 13.8. The number of thiophene rings is 1. The molecule has 2 heterocycles. The highest BCUT2D eigenvalue weighted by molar-refractivity contribution is 7.17. The Morgan fingerprint density at radius 1 is 0.938 bits per heavy atom. The number of hydrogen-bond donors (Lipinski definition) is 0. The van der Waals surface area contributed by atoms with Gasteiger partial charge in [-0.15, -0.1) is 11.3 Å². The summed E-state index contributed by atoms with van der Waals surface area (Å²) < 4.78 is 1.91. The summed E-state index contributed by atoms with van der Waals surface area (Å²) >= 11 is 1.56. The molecule has 0 N–H and O–H groups in total. The average Bonchev–Trinajstić information content (AvgIpc) is 3.26. The molecule has 0 spiro atoms. The highest BCUT2D eigenvalue weighted by Gasteiger charge is 2.18. The van der Waals surface area contributed by atoms with Gasteiger partial charge in [-0.2, -0.15) is 0 Å². The van der Waals surface area contributed by atoms with Crippen molar-refractivity contribution in [2.24, 2.45) is 0 Å². The summed E-state index contributed by atoms with van der Waals surface area (Å²) in [4.78, 5) is 22.0. The molecule has 0 fully saturated rings. The zero-order chi connectivity index (χ0) is 22.5. The first-order valence-electron chi connectivity index (χ1n) is 11.5. The number of hydrogen-bond acceptors (Lipinski definition) is 4. The number of rotatable bonds is 9. The van der Waals surface area contributed by atoms with E-state index < -0.39 is 0 Å². The van der Waals surface area contributed by atoms with Crippen LogP contribution in [-0.2, 0) is 19.4 Å². The van der Waals surface area contributed by atoms with Gasteiger partial charge in [0.25, 0.3) is 5.56 Å². The average molecular weight is 446 g/mol. The number of likely N-dealkylation sites (N-methyl/N-ethyl adjacent to an activating group) is 1. The zero-order valence-corrected chi connectivity index (χ0v) is 20.0. The van der Waals surface area contributed by atoms with E-state index >= 15 is 0 Å². The van der Waals surface area contributed by atoms with Crippen LogP contribution in [0.4, 0.5) is 0 Å². The van der Waals surface area contributed by atoms with E-state index in [9.17, 15) is 4.79 Å². The molecule has 32 heavy (non-hydrogen) atoms. The third kappa shape index (κ3) is 4.69. The van der Waals surface area contributed by atoms with Gasteiger partial charge >= 0.3 is 0 Å². The first-order valence-corrected chi connectivity index (χ1v) is 12.4. The first-order chi connectivity index (χ1) is 15.6. The fourth-order valence-corrected chi connectivity index (χ4v) is 5.08. The molecule has 166 valence electrons. The SMILES string of the molecule is CCc1ccc(-c2csc3nc(Cc4ccccc4)n(CCN(CC)CC)c(=O)c23)cc1. The molecule has 0 saturated heterocycles. The maximum Gasteiger partial charge on any atom is 0.262 e. The van der Waals surface area contributed by atoms with Crippen LogP contribution in [0.15, 0.2) is 64.8 Å². The number of aryl methyl sites for hydroxylation is 1. The molecule has 5 heteroatoms. The lowest BCUT2D eigenvalue weighted by molar-refractivity contribution is 0.287. The fraction of sp³-hybridized carbons (Fsp3) is 0.333. The molecule has 0 atom stereocenters. The second kappa shape index (κ2) is 10.2. The molecule has 4 nitrogen and oxygen atoms in total. The Morgan fingerprint density at radius 2 is 1.66 bits per heavy atom. The van der Waals surface area contributed by atoms with Gasteiger partial charge in [0.2, 0.25) is 0 Å². The van der Waals surface area contributed by atoms with Crippen LogP contribution >= 0.6 is 11.3 Å². The lowest BCUT2D eigenvalue weighted by Crippen LogP contribution is -2.33. The van der Waals surface area contributed by atoms with Crippen LogP contribution in [0, 0.1) is 0 Å². The van der Waals surface area contributed by atoms with Crippen molar-refractivity contribution in [2.75, 3.05) is 19.6 Å². The summed E-state index contributed by atoms with van der Waals surface area (Å²) in [6, 6.07) is 18.8. The Hall–Kier alpha value is -2.76. The summed E-state index contributed by atoms with van der Waals surface area (Å²) in [5.41, 5.74) is 4.62. The Balaban J connectivity index is 1.81. The summed E-state index contributed by atoms with van der Waals surface area (Å²) in [7, 11) is 0. The summed E-state index contributed by atoms with van der Waals surface area (Å²) in [6.07, 6.45) is 1.66. The van der Waals surface area contributed by atoms with Crippen LogP contribution in [-0.4, -0.2) is 34.1 Å². The van der Waals surface area contributed by atoms with Crippen LogP contribution in [0.3, 0.4) is 0 Å². The van der Waals surface area contributed by atoms with Gasteiger partial charge in [0.1, 0.15) is 10.7 Å². The fourth-order valence-electron chi connectivity index (χ4n) is 4.12. The van der Waals surface area contributed by atoms with E-state index in [1.54, 1.807) is 11.3 Å². The van der Waals surface area contributed by atoms with Crippen LogP contribution in [0.25, 0.3) is 21.3 Å². The standard InChI is InChI=1S/C27H31N3OS/c1-4-20-12-14-22(15-13-20)23-19-32-26-25(23)27(31)30(17-16-29(5-2)6-3)24(28-26)18-21-10-8-7-9-11-21/h7-15,19H,4-6,16-18H2,1-3H3. The maximum atomic E-state index is 13.8. The molecule has 2 aromatic heterocycles. The van der Waals surface area contributed by atoms with Crippen molar-refractivity contribution in [3.05, 3.63) is 87.3 Å². The number of aromatic nitrogens is 2. The Kier molecular flexibility index (Phi) is 7.18. The molecule has 0 bridgehead atoms. The second-order valence-electron chi connectivity index (χ2n) is 8.05. The van der Waals surface area contributed by atoms with E-state index in [2.05, 4.69) is 67.4 Å². The van der Waals surface area contributed by atoms with E-state index in [0.717, 1.165) is 53.2 Å². The van der Waals surface area contributed by atoms with Crippen molar-refractivity contribution in [2.45, 2.75) is 40.2 Å². The van der Waals surface area contributed by atoms with Gasteiger partial charge < -0.3 is 4.90 Å². The van der Waals surface area contributed by atoms with Gasteiger partial charge in [0.15, 0.2) is 0 Å². The summed E-state index contributed by atoms with van der Waals surface area (Å²) in [5.74, 6) is 0.843. The minimum Gasteiger partial charge on any atom is -0.302 e. The normalized spacial score (nSPS) is 11.5. The number of benzene rings is 2. The molecule has 0 unspecified atom stereocenters. The summed E-state index contributed by atoms with van der Waals surface area (Å²) in [5, 5.41) is 2.83. The van der Waals surface area contributed by atoms with Gasteiger partial charge in [-0.3, -0.25) is 9.36 Å². The van der Waals surface area contributed by atoms with E-state index in [1.165, 1.54) is 11.1 Å². The van der Waals surface area contributed by atoms with Crippen molar-refractivity contribution in [1.29, 1.82) is 0 Å². The third-order valence-electron chi connectivity index (χ3n) is 6.19. The van der Waals surface area contributed by atoms with Crippen molar-refractivity contribution < 1.29 is 0 Å². The molecule has 0 amide bonds. The van der Waals surface area contributed by atoms with Crippen molar-refractivity contribution >= 4 is 21.6 Å². The minimum absolute atomic E-state index is 0.0731. The highest BCUT2D eigenvalue weighted by atomic mass is 32.1. The third-order valence-corrected chi connectivity index (χ3v) is 7.06. The molecule has 2 aromatic carbocycles. The van der Waals surface area contributed by atoms with Crippen LogP contribution in [0.1, 0.15) is 37.7 Å². The van der Waals surface area contributed by atoms with Crippen molar-refractivity contribution in [3.63, 3.8) is 0 Å². The molecule has 0 saturated carbocycles. The highest BCUT2D eigenvalue weighted by Crippen LogP contribution is 2.31.